The van der Waals surface area contributed by atoms with E-state index in [1.807, 2.05) is 0 Å². The van der Waals surface area contributed by atoms with Crippen LogP contribution in [0.15, 0.2) is 30.3 Å². The third-order valence-corrected chi connectivity index (χ3v) is 3.18. The van der Waals surface area contributed by atoms with Crippen molar-refractivity contribution in [1.82, 2.24) is 4.90 Å². The molecule has 4 heteroatoms. The van der Waals surface area contributed by atoms with Crippen LogP contribution in [0.5, 0.6) is 0 Å². The van der Waals surface area contributed by atoms with Gasteiger partial charge in [0, 0.05) is 30.8 Å². The minimum absolute atomic E-state index is 0.0658. The quantitative estimate of drug-likeness (QED) is 0.811. The van der Waals surface area contributed by atoms with Crippen LogP contribution in [0.4, 0.5) is 4.39 Å². The van der Waals surface area contributed by atoms with Gasteiger partial charge in [-0.3, -0.25) is 4.79 Å². The van der Waals surface area contributed by atoms with E-state index in [1.165, 1.54) is 12.1 Å². The molecule has 0 unspecified atom stereocenters. The molecule has 1 aromatic rings. The van der Waals surface area contributed by atoms with Crippen molar-refractivity contribution in [3.8, 4) is 0 Å². The number of allylic oxidation sites excluding steroid dienone is 1. The van der Waals surface area contributed by atoms with Gasteiger partial charge in [0.2, 0.25) is 5.91 Å². The minimum atomic E-state index is -0.308. The summed E-state index contributed by atoms with van der Waals surface area (Å²) in [6, 6.07) is 6.52. The molecule has 1 aliphatic heterocycles. The van der Waals surface area contributed by atoms with Crippen molar-refractivity contribution >= 4 is 11.5 Å². The van der Waals surface area contributed by atoms with Crippen molar-refractivity contribution in [3.05, 3.63) is 41.7 Å². The molecule has 1 aliphatic rings. The van der Waals surface area contributed by atoms with Crippen molar-refractivity contribution in [2.24, 2.45) is 5.73 Å². The van der Waals surface area contributed by atoms with Gasteiger partial charge < -0.3 is 10.6 Å². The van der Waals surface area contributed by atoms with Gasteiger partial charge in [-0.05, 0) is 25.0 Å². The van der Waals surface area contributed by atoms with E-state index in [4.69, 9.17) is 5.73 Å². The van der Waals surface area contributed by atoms with E-state index >= 15 is 0 Å². The Balaban J connectivity index is 2.13. The molecule has 2 rings (SSSR count). The average molecular weight is 248 g/mol. The van der Waals surface area contributed by atoms with E-state index in [-0.39, 0.29) is 17.8 Å². The van der Waals surface area contributed by atoms with Gasteiger partial charge in [-0.15, -0.1) is 0 Å². The summed E-state index contributed by atoms with van der Waals surface area (Å²) in [4.78, 5) is 13.7. The van der Waals surface area contributed by atoms with Gasteiger partial charge in [-0.2, -0.15) is 0 Å². The second-order valence-electron chi connectivity index (χ2n) is 4.64. The molecular weight excluding hydrogens is 231 g/mol. The molecule has 1 aromatic carbocycles. The summed E-state index contributed by atoms with van der Waals surface area (Å²) >= 11 is 0. The van der Waals surface area contributed by atoms with Gasteiger partial charge in [0.25, 0.3) is 0 Å². The standard InChI is InChI=1S/C14H17FN2O/c1-10(12-4-2-3-5-13(12)15)8-14(18)17-7-6-11(16)9-17/h2-5,8,11H,6-7,9,16H2,1H3/b10-8-/t11-/m1/s1. The Kier molecular flexibility index (Phi) is 3.77. The number of rotatable bonds is 2. The summed E-state index contributed by atoms with van der Waals surface area (Å²) in [5, 5.41) is 0. The van der Waals surface area contributed by atoms with Gasteiger partial charge in [-0.1, -0.05) is 18.2 Å². The Morgan fingerprint density at radius 1 is 1.50 bits per heavy atom. The highest BCUT2D eigenvalue weighted by Gasteiger charge is 2.22. The Morgan fingerprint density at radius 3 is 2.83 bits per heavy atom. The molecule has 1 amide bonds. The van der Waals surface area contributed by atoms with Crippen LogP contribution in [-0.2, 0) is 4.79 Å². The second kappa shape index (κ2) is 5.31. The van der Waals surface area contributed by atoms with Crippen LogP contribution >= 0.6 is 0 Å². The SMILES string of the molecule is C/C(=C/C(=O)N1CC[C@@H](N)C1)c1ccccc1F. The van der Waals surface area contributed by atoms with Gasteiger partial charge in [0.1, 0.15) is 5.82 Å². The number of likely N-dealkylation sites (tertiary alicyclic amines) is 1. The topological polar surface area (TPSA) is 46.3 Å². The number of carbonyl (C=O) groups is 1. The molecule has 18 heavy (non-hydrogen) atoms. The number of benzene rings is 1. The molecule has 2 N–H and O–H groups in total. The largest absolute Gasteiger partial charge is 0.338 e. The maximum atomic E-state index is 13.5. The van der Waals surface area contributed by atoms with Crippen molar-refractivity contribution in [1.29, 1.82) is 0 Å². The van der Waals surface area contributed by atoms with E-state index in [0.29, 0.717) is 24.2 Å². The normalized spacial score (nSPS) is 20.3. The molecule has 96 valence electrons. The molecule has 0 aliphatic carbocycles. The first-order valence-corrected chi connectivity index (χ1v) is 6.05. The zero-order valence-electron chi connectivity index (χ0n) is 10.4. The smallest absolute Gasteiger partial charge is 0.246 e. The third kappa shape index (κ3) is 2.76. The highest BCUT2D eigenvalue weighted by Crippen LogP contribution is 2.18. The maximum absolute atomic E-state index is 13.5. The zero-order chi connectivity index (χ0) is 13.1. The number of hydrogen-bond donors (Lipinski definition) is 1. The summed E-state index contributed by atoms with van der Waals surface area (Å²) in [5.74, 6) is -0.402. The predicted octanol–water partition coefficient (Wildman–Crippen LogP) is 1.79. The van der Waals surface area contributed by atoms with Crippen LogP contribution in [0.25, 0.3) is 5.57 Å². The highest BCUT2D eigenvalue weighted by molar-refractivity contribution is 5.95. The van der Waals surface area contributed by atoms with Crippen molar-refractivity contribution < 1.29 is 9.18 Å². The Bertz CT molecular complexity index is 484. The molecule has 0 aromatic heterocycles. The molecule has 0 radical (unpaired) electrons. The number of nitrogens with zero attached hydrogens (tertiary/aromatic N) is 1. The lowest BCUT2D eigenvalue weighted by atomic mass is 10.1. The fourth-order valence-corrected chi connectivity index (χ4v) is 2.12. The van der Waals surface area contributed by atoms with Crippen LogP contribution in [0.1, 0.15) is 18.9 Å². The fourth-order valence-electron chi connectivity index (χ4n) is 2.12. The van der Waals surface area contributed by atoms with Gasteiger partial charge in [0.05, 0.1) is 0 Å². The average Bonchev–Trinajstić information content (AvgIpc) is 2.76. The van der Waals surface area contributed by atoms with E-state index in [0.717, 1.165) is 6.42 Å². The van der Waals surface area contributed by atoms with Crippen LogP contribution in [-0.4, -0.2) is 29.9 Å². The predicted molar refractivity (Wildman–Crippen MR) is 69.2 cm³/mol. The van der Waals surface area contributed by atoms with E-state index in [2.05, 4.69) is 0 Å². The third-order valence-electron chi connectivity index (χ3n) is 3.18. The number of nitrogens with two attached hydrogens (primary N) is 1. The first-order chi connectivity index (χ1) is 8.58. The summed E-state index contributed by atoms with van der Waals surface area (Å²) < 4.78 is 13.5. The number of halogens is 1. The summed E-state index contributed by atoms with van der Waals surface area (Å²) in [5.41, 5.74) is 6.86. The maximum Gasteiger partial charge on any atom is 0.246 e. The summed E-state index contributed by atoms with van der Waals surface area (Å²) in [6.45, 7) is 3.01. The lowest BCUT2D eigenvalue weighted by Crippen LogP contribution is -2.30. The lowest BCUT2D eigenvalue weighted by molar-refractivity contribution is -0.125. The van der Waals surface area contributed by atoms with Crippen molar-refractivity contribution in [2.75, 3.05) is 13.1 Å². The number of hydrogen-bond acceptors (Lipinski definition) is 2. The molecule has 0 spiro atoms. The highest BCUT2D eigenvalue weighted by atomic mass is 19.1. The van der Waals surface area contributed by atoms with E-state index in [9.17, 15) is 9.18 Å². The van der Waals surface area contributed by atoms with Crippen LogP contribution in [0.3, 0.4) is 0 Å². The van der Waals surface area contributed by atoms with E-state index < -0.39 is 0 Å². The fraction of sp³-hybridized carbons (Fsp3) is 0.357. The summed E-state index contributed by atoms with van der Waals surface area (Å²) in [6.07, 6.45) is 2.31. The number of amides is 1. The Morgan fingerprint density at radius 2 is 2.22 bits per heavy atom. The van der Waals surface area contributed by atoms with Gasteiger partial charge in [0.15, 0.2) is 0 Å². The minimum Gasteiger partial charge on any atom is -0.338 e. The molecule has 0 saturated carbocycles. The van der Waals surface area contributed by atoms with Crippen LogP contribution in [0.2, 0.25) is 0 Å². The Hall–Kier alpha value is -1.68. The molecule has 1 fully saturated rings. The second-order valence-corrected chi connectivity index (χ2v) is 4.64. The molecule has 0 bridgehead atoms. The van der Waals surface area contributed by atoms with Gasteiger partial charge >= 0.3 is 0 Å². The zero-order valence-corrected chi connectivity index (χ0v) is 10.4. The monoisotopic (exact) mass is 248 g/mol. The molecular formula is C14H17FN2O. The summed E-state index contributed by atoms with van der Waals surface area (Å²) in [7, 11) is 0. The first-order valence-electron chi connectivity index (χ1n) is 6.05. The number of carbonyl (C=O) groups excluding carboxylic acids is 1. The van der Waals surface area contributed by atoms with Crippen molar-refractivity contribution in [2.45, 2.75) is 19.4 Å². The molecule has 1 atom stereocenters. The van der Waals surface area contributed by atoms with Crippen LogP contribution < -0.4 is 5.73 Å². The molecule has 1 saturated heterocycles. The van der Waals surface area contributed by atoms with Crippen LogP contribution in [0, 0.1) is 5.82 Å². The van der Waals surface area contributed by atoms with Gasteiger partial charge in [-0.25, -0.2) is 4.39 Å². The lowest BCUT2D eigenvalue weighted by Gasteiger charge is -2.14. The molecule has 3 nitrogen and oxygen atoms in total. The Labute approximate surface area is 106 Å². The van der Waals surface area contributed by atoms with Crippen molar-refractivity contribution in [3.63, 3.8) is 0 Å². The van der Waals surface area contributed by atoms with E-state index in [1.54, 1.807) is 30.0 Å². The molecule has 1 heterocycles. The first kappa shape index (κ1) is 12.8.